The van der Waals surface area contributed by atoms with E-state index < -0.39 is 0 Å². The Bertz CT molecular complexity index is 3230. The number of fused-ring (bicyclic) bond motifs is 10. The van der Waals surface area contributed by atoms with Crippen molar-refractivity contribution >= 4 is 65.0 Å². The van der Waals surface area contributed by atoms with Crippen LogP contribution in [0, 0.1) is 0 Å². The fraction of sp³-hybridized carbons (Fsp3) is 0. The van der Waals surface area contributed by atoms with Crippen molar-refractivity contribution in [2.24, 2.45) is 0 Å². The van der Waals surface area contributed by atoms with Crippen LogP contribution in [0.2, 0.25) is 0 Å². The summed E-state index contributed by atoms with van der Waals surface area (Å²) in [5, 5.41) is 11.3. The highest BCUT2D eigenvalue weighted by Crippen LogP contribution is 2.40. The van der Waals surface area contributed by atoms with Gasteiger partial charge in [0.25, 0.3) is 0 Å². The van der Waals surface area contributed by atoms with E-state index in [1.807, 2.05) is 66.7 Å². The zero-order valence-corrected chi connectivity index (χ0v) is 28.4. The van der Waals surface area contributed by atoms with Crippen molar-refractivity contribution in [2.45, 2.75) is 0 Å². The summed E-state index contributed by atoms with van der Waals surface area (Å²) in [6.45, 7) is 0. The van der Waals surface area contributed by atoms with Crippen LogP contribution in [-0.4, -0.2) is 19.9 Å². The number of oxazole rings is 1. The Morgan fingerprint density at radius 2 is 0.943 bits per heavy atom. The molecule has 0 radical (unpaired) electrons. The molecule has 0 atom stereocenters. The molecular weight excluding hydrogens is 649 g/mol. The fourth-order valence-corrected chi connectivity index (χ4v) is 7.76. The van der Waals surface area contributed by atoms with Gasteiger partial charge in [0.1, 0.15) is 5.52 Å². The summed E-state index contributed by atoms with van der Waals surface area (Å²) in [4.78, 5) is 20.3. The molecule has 2 aromatic heterocycles. The summed E-state index contributed by atoms with van der Waals surface area (Å²) in [5.74, 6) is 2.49. The quantitative estimate of drug-likeness (QED) is 0.174. The molecule has 0 N–H and O–H groups in total. The van der Waals surface area contributed by atoms with Crippen molar-refractivity contribution in [1.29, 1.82) is 0 Å². The lowest BCUT2D eigenvalue weighted by molar-refractivity contribution is 0.623. The molecule has 11 aromatic rings. The Kier molecular flexibility index (Phi) is 6.48. The summed E-state index contributed by atoms with van der Waals surface area (Å²) in [5.41, 5.74) is 5.36. The molecule has 0 aliphatic heterocycles. The molecule has 246 valence electrons. The van der Waals surface area contributed by atoms with E-state index in [1.165, 1.54) is 21.5 Å². The van der Waals surface area contributed by atoms with E-state index in [0.717, 1.165) is 65.7 Å². The van der Waals surface area contributed by atoms with Gasteiger partial charge in [-0.15, -0.1) is 0 Å². The highest BCUT2D eigenvalue weighted by Gasteiger charge is 2.19. The molecule has 0 aliphatic rings. The molecular formula is C48H28N4O. The van der Waals surface area contributed by atoms with Crippen molar-refractivity contribution in [3.8, 4) is 45.6 Å². The standard InChI is InChI=1S/C48H28N4O/c1-3-11-33(12-4-1)45-50-46(35-23-20-30-19-18-29-10-7-8-15-36(29)40(30)28-35)52-47(51-45)39-17-9-16-38-37(39)26-24-31-21-22-32-25-27-41-44(43(32)42(31)38)53-48(49-41)34-13-5-2-6-14-34/h1-28H. The normalized spacial score (nSPS) is 11.8. The van der Waals surface area contributed by atoms with Crippen LogP contribution in [0.5, 0.6) is 0 Å². The van der Waals surface area contributed by atoms with Gasteiger partial charge in [-0.25, -0.2) is 19.9 Å². The van der Waals surface area contributed by atoms with Gasteiger partial charge in [-0.3, -0.25) is 0 Å². The van der Waals surface area contributed by atoms with Crippen LogP contribution in [0.1, 0.15) is 0 Å². The number of aromatic nitrogens is 4. The number of rotatable bonds is 4. The van der Waals surface area contributed by atoms with E-state index >= 15 is 0 Å². The first-order valence-electron chi connectivity index (χ1n) is 17.7. The van der Waals surface area contributed by atoms with Crippen molar-refractivity contribution in [3.63, 3.8) is 0 Å². The van der Waals surface area contributed by atoms with E-state index in [0.29, 0.717) is 23.4 Å². The van der Waals surface area contributed by atoms with E-state index in [9.17, 15) is 0 Å². The smallest absolute Gasteiger partial charge is 0.227 e. The maximum atomic E-state index is 6.58. The van der Waals surface area contributed by atoms with Gasteiger partial charge in [0.15, 0.2) is 23.1 Å². The Morgan fingerprint density at radius 1 is 0.340 bits per heavy atom. The number of nitrogens with zero attached hydrogens (tertiary/aromatic N) is 4. The average Bonchev–Trinajstić information content (AvgIpc) is 3.68. The first kappa shape index (κ1) is 29.5. The van der Waals surface area contributed by atoms with Crippen LogP contribution < -0.4 is 0 Å². The third-order valence-corrected chi connectivity index (χ3v) is 10.3. The second kappa shape index (κ2) is 11.7. The van der Waals surface area contributed by atoms with Gasteiger partial charge in [0.05, 0.1) is 0 Å². The lowest BCUT2D eigenvalue weighted by Crippen LogP contribution is -2.00. The highest BCUT2D eigenvalue weighted by molar-refractivity contribution is 6.27. The van der Waals surface area contributed by atoms with Crippen molar-refractivity contribution in [3.05, 3.63) is 170 Å². The maximum Gasteiger partial charge on any atom is 0.227 e. The van der Waals surface area contributed by atoms with Gasteiger partial charge >= 0.3 is 0 Å². The predicted molar refractivity (Wildman–Crippen MR) is 217 cm³/mol. The molecule has 5 nitrogen and oxygen atoms in total. The summed E-state index contributed by atoms with van der Waals surface area (Å²) in [7, 11) is 0. The first-order chi connectivity index (χ1) is 26.2. The Balaban J connectivity index is 1.16. The number of benzene rings is 9. The molecule has 0 unspecified atom stereocenters. The number of hydrogen-bond acceptors (Lipinski definition) is 5. The van der Waals surface area contributed by atoms with Crippen LogP contribution in [0.4, 0.5) is 0 Å². The average molecular weight is 677 g/mol. The molecule has 5 heteroatoms. The second-order valence-corrected chi connectivity index (χ2v) is 13.4. The first-order valence-corrected chi connectivity index (χ1v) is 17.7. The SMILES string of the molecule is c1ccc(-c2nc(-c3ccc4ccc5ccccc5c4c3)nc(-c3cccc4c3ccc3ccc5ccc6nc(-c7ccccc7)oc6c5c34)n2)cc1. The Morgan fingerprint density at radius 3 is 1.77 bits per heavy atom. The third-order valence-electron chi connectivity index (χ3n) is 10.3. The lowest BCUT2D eigenvalue weighted by atomic mass is 9.93. The molecule has 2 heterocycles. The zero-order valence-electron chi connectivity index (χ0n) is 28.4. The predicted octanol–water partition coefficient (Wildman–Crippen LogP) is 12.4. The molecule has 0 fully saturated rings. The highest BCUT2D eigenvalue weighted by atomic mass is 16.3. The minimum absolute atomic E-state index is 0.610. The monoisotopic (exact) mass is 676 g/mol. The minimum atomic E-state index is 0.610. The Hall–Kier alpha value is -7.24. The van der Waals surface area contributed by atoms with Gasteiger partial charge in [-0.05, 0) is 67.4 Å². The summed E-state index contributed by atoms with van der Waals surface area (Å²) in [6, 6.07) is 58.8. The van der Waals surface area contributed by atoms with Crippen molar-refractivity contribution in [1.82, 2.24) is 19.9 Å². The topological polar surface area (TPSA) is 64.7 Å². The molecule has 0 aliphatic carbocycles. The maximum absolute atomic E-state index is 6.58. The van der Waals surface area contributed by atoms with Crippen LogP contribution in [0.25, 0.3) is 111 Å². The molecule has 0 amide bonds. The van der Waals surface area contributed by atoms with Gasteiger partial charge in [0, 0.05) is 33.0 Å². The van der Waals surface area contributed by atoms with E-state index in [-0.39, 0.29) is 0 Å². The summed E-state index contributed by atoms with van der Waals surface area (Å²) in [6.07, 6.45) is 0. The third kappa shape index (κ3) is 4.79. The minimum Gasteiger partial charge on any atom is -0.435 e. The zero-order chi connectivity index (χ0) is 34.9. The number of hydrogen-bond donors (Lipinski definition) is 0. The fourth-order valence-electron chi connectivity index (χ4n) is 7.76. The van der Waals surface area contributed by atoms with Crippen LogP contribution in [0.15, 0.2) is 174 Å². The molecule has 0 saturated carbocycles. The van der Waals surface area contributed by atoms with Gasteiger partial charge in [-0.1, -0.05) is 146 Å². The van der Waals surface area contributed by atoms with E-state index in [1.54, 1.807) is 0 Å². The van der Waals surface area contributed by atoms with Crippen molar-refractivity contribution < 1.29 is 4.42 Å². The molecule has 53 heavy (non-hydrogen) atoms. The van der Waals surface area contributed by atoms with Gasteiger partial charge < -0.3 is 4.42 Å². The van der Waals surface area contributed by atoms with Crippen LogP contribution in [0.3, 0.4) is 0 Å². The molecule has 9 aromatic carbocycles. The van der Waals surface area contributed by atoms with Crippen molar-refractivity contribution in [2.75, 3.05) is 0 Å². The Labute approximate surface area is 303 Å². The lowest BCUT2D eigenvalue weighted by Gasteiger charge is -2.13. The molecule has 0 spiro atoms. The van der Waals surface area contributed by atoms with Crippen LogP contribution >= 0.6 is 0 Å². The van der Waals surface area contributed by atoms with Gasteiger partial charge in [0.2, 0.25) is 5.89 Å². The second-order valence-electron chi connectivity index (χ2n) is 13.4. The van der Waals surface area contributed by atoms with Crippen LogP contribution in [-0.2, 0) is 0 Å². The summed E-state index contributed by atoms with van der Waals surface area (Å²) >= 11 is 0. The van der Waals surface area contributed by atoms with E-state index in [4.69, 9.17) is 24.4 Å². The molecule has 0 bridgehead atoms. The van der Waals surface area contributed by atoms with E-state index in [2.05, 4.69) is 103 Å². The van der Waals surface area contributed by atoms with Gasteiger partial charge in [-0.2, -0.15) is 0 Å². The molecule has 0 saturated heterocycles. The summed E-state index contributed by atoms with van der Waals surface area (Å²) < 4.78 is 6.58. The molecule has 11 rings (SSSR count). The largest absolute Gasteiger partial charge is 0.435 e.